The maximum atomic E-state index is 9.29. The van der Waals surface area contributed by atoms with Crippen molar-refractivity contribution in [2.45, 2.75) is 6.61 Å². The first-order chi connectivity index (χ1) is 13.7. The number of aromatic amines is 2. The third kappa shape index (κ3) is 2.80. The predicted molar refractivity (Wildman–Crippen MR) is 109 cm³/mol. The zero-order valence-electron chi connectivity index (χ0n) is 15.2. The van der Waals surface area contributed by atoms with Gasteiger partial charge in [0.05, 0.1) is 35.8 Å². The van der Waals surface area contributed by atoms with Gasteiger partial charge in [-0.1, -0.05) is 30.3 Å². The smallest absolute Gasteiger partial charge is 0.138 e. The third-order valence-electron chi connectivity index (χ3n) is 4.85. The van der Waals surface area contributed by atoms with E-state index >= 15 is 0 Å². The van der Waals surface area contributed by atoms with E-state index in [0.29, 0.717) is 0 Å². The quantitative estimate of drug-likeness (QED) is 0.441. The predicted octanol–water partition coefficient (Wildman–Crippen LogP) is 4.27. The number of ether oxygens (including phenoxy) is 1. The topological polar surface area (TPSA) is 86.8 Å². The van der Waals surface area contributed by atoms with Crippen LogP contribution in [0.3, 0.4) is 0 Å². The van der Waals surface area contributed by atoms with Crippen LogP contribution >= 0.6 is 0 Å². The number of nitrogens with zero attached hydrogens (tertiary/aromatic N) is 2. The molecule has 5 aromatic rings. The van der Waals surface area contributed by atoms with Crippen LogP contribution in [-0.4, -0.2) is 32.2 Å². The summed E-state index contributed by atoms with van der Waals surface area (Å²) in [5, 5.41) is 9.29. The number of hydrogen-bond donors (Lipinski definition) is 3. The minimum absolute atomic E-state index is 0.0162. The van der Waals surface area contributed by atoms with Gasteiger partial charge in [0, 0.05) is 17.2 Å². The molecule has 0 unspecified atom stereocenters. The fraction of sp³-hybridized carbons (Fsp3) is 0.0909. The van der Waals surface area contributed by atoms with Crippen molar-refractivity contribution in [2.75, 3.05) is 7.11 Å². The van der Waals surface area contributed by atoms with Crippen molar-refractivity contribution >= 4 is 22.1 Å². The van der Waals surface area contributed by atoms with Crippen LogP contribution in [0.5, 0.6) is 5.75 Å². The van der Waals surface area contributed by atoms with E-state index in [2.05, 4.69) is 19.9 Å². The van der Waals surface area contributed by atoms with Crippen LogP contribution in [0, 0.1) is 0 Å². The van der Waals surface area contributed by atoms with Crippen LogP contribution in [0.25, 0.3) is 44.8 Å². The molecule has 3 N–H and O–H groups in total. The van der Waals surface area contributed by atoms with E-state index in [1.807, 2.05) is 60.7 Å². The van der Waals surface area contributed by atoms with Gasteiger partial charge in [0.1, 0.15) is 17.4 Å². The van der Waals surface area contributed by atoms with E-state index in [4.69, 9.17) is 4.74 Å². The van der Waals surface area contributed by atoms with Crippen molar-refractivity contribution < 1.29 is 9.84 Å². The fourth-order valence-corrected chi connectivity index (χ4v) is 3.33. The van der Waals surface area contributed by atoms with Gasteiger partial charge in [-0.05, 0) is 29.8 Å². The first-order valence-electron chi connectivity index (χ1n) is 8.97. The molecule has 0 aliphatic heterocycles. The molecule has 0 amide bonds. The Bertz CT molecular complexity index is 1180. The number of rotatable bonds is 4. The zero-order valence-corrected chi connectivity index (χ0v) is 15.2. The average molecular weight is 370 g/mol. The Balaban J connectivity index is 1.48. The van der Waals surface area contributed by atoms with Crippen LogP contribution in [0.4, 0.5) is 0 Å². The number of aliphatic hydroxyl groups excluding tert-OH is 1. The molecule has 0 aliphatic rings. The molecule has 0 aliphatic carbocycles. The van der Waals surface area contributed by atoms with Gasteiger partial charge < -0.3 is 19.8 Å². The molecule has 28 heavy (non-hydrogen) atoms. The Morgan fingerprint density at radius 1 is 0.786 bits per heavy atom. The van der Waals surface area contributed by atoms with Gasteiger partial charge >= 0.3 is 0 Å². The largest absolute Gasteiger partial charge is 0.497 e. The van der Waals surface area contributed by atoms with Crippen LogP contribution in [0.15, 0.2) is 60.7 Å². The van der Waals surface area contributed by atoms with Gasteiger partial charge in [-0.25, -0.2) is 9.97 Å². The lowest BCUT2D eigenvalue weighted by Crippen LogP contribution is -1.83. The molecule has 0 atom stereocenters. The van der Waals surface area contributed by atoms with Gasteiger partial charge in [-0.15, -0.1) is 0 Å². The average Bonchev–Trinajstić information content (AvgIpc) is 3.36. The summed E-state index contributed by atoms with van der Waals surface area (Å²) in [5.41, 5.74) is 6.48. The summed E-state index contributed by atoms with van der Waals surface area (Å²) in [6.45, 7) is 0.0162. The second kappa shape index (κ2) is 6.51. The zero-order chi connectivity index (χ0) is 19.1. The lowest BCUT2D eigenvalue weighted by molar-refractivity contribution is 0.282. The minimum atomic E-state index is 0.0162. The van der Waals surface area contributed by atoms with E-state index in [1.54, 1.807) is 7.11 Å². The highest BCUT2D eigenvalue weighted by Crippen LogP contribution is 2.27. The summed E-state index contributed by atoms with van der Waals surface area (Å²) in [6.07, 6.45) is 0. The molecular formula is C22H18N4O2. The van der Waals surface area contributed by atoms with Crippen LogP contribution in [0.1, 0.15) is 5.56 Å². The lowest BCUT2D eigenvalue weighted by Gasteiger charge is -1.99. The molecule has 3 aromatic carbocycles. The number of aromatic nitrogens is 4. The molecular weight excluding hydrogens is 352 g/mol. The SMILES string of the molecule is COc1ccc2nc(-c3ccc(-c4nc5ccc(CO)cc5[nH]4)cc3)[nH]c2c1. The van der Waals surface area contributed by atoms with E-state index in [1.165, 1.54) is 0 Å². The summed E-state index contributed by atoms with van der Waals surface area (Å²) < 4.78 is 5.27. The Labute approximate surface area is 160 Å². The highest BCUT2D eigenvalue weighted by molar-refractivity contribution is 5.82. The van der Waals surface area contributed by atoms with Crippen molar-refractivity contribution in [1.82, 2.24) is 19.9 Å². The minimum Gasteiger partial charge on any atom is -0.497 e. The summed E-state index contributed by atoms with van der Waals surface area (Å²) in [6, 6.07) is 19.6. The van der Waals surface area contributed by atoms with Gasteiger partial charge in [0.25, 0.3) is 0 Å². The molecule has 6 heteroatoms. The molecule has 0 fully saturated rings. The Morgan fingerprint density at radius 2 is 1.36 bits per heavy atom. The molecule has 138 valence electrons. The molecule has 2 heterocycles. The summed E-state index contributed by atoms with van der Waals surface area (Å²) in [7, 11) is 1.65. The van der Waals surface area contributed by atoms with E-state index in [0.717, 1.165) is 56.2 Å². The van der Waals surface area contributed by atoms with Gasteiger partial charge in [-0.2, -0.15) is 0 Å². The summed E-state index contributed by atoms with van der Waals surface area (Å²) in [4.78, 5) is 16.0. The van der Waals surface area contributed by atoms with Crippen LogP contribution in [0.2, 0.25) is 0 Å². The maximum absolute atomic E-state index is 9.29. The van der Waals surface area contributed by atoms with E-state index in [-0.39, 0.29) is 6.61 Å². The first-order valence-corrected chi connectivity index (χ1v) is 8.97. The molecule has 0 bridgehead atoms. The second-order valence-corrected chi connectivity index (χ2v) is 6.64. The summed E-state index contributed by atoms with van der Waals surface area (Å²) in [5.74, 6) is 2.41. The number of imidazole rings is 2. The first kappa shape index (κ1) is 16.5. The highest BCUT2D eigenvalue weighted by atomic mass is 16.5. The normalized spacial score (nSPS) is 11.4. The van der Waals surface area contributed by atoms with Crippen molar-refractivity contribution in [3.05, 3.63) is 66.2 Å². The number of fused-ring (bicyclic) bond motifs is 2. The molecule has 6 nitrogen and oxygen atoms in total. The molecule has 0 spiro atoms. The standard InChI is InChI=1S/C22H18N4O2/c1-28-16-7-9-18-20(11-16)26-22(24-18)15-5-3-14(4-6-15)21-23-17-8-2-13(12-27)10-19(17)25-21/h2-11,27H,12H2,1H3,(H,23,25)(H,24,26). The Morgan fingerprint density at radius 3 is 1.93 bits per heavy atom. The maximum Gasteiger partial charge on any atom is 0.138 e. The Kier molecular flexibility index (Phi) is 3.84. The number of aliphatic hydroxyl groups is 1. The van der Waals surface area contributed by atoms with Crippen molar-refractivity contribution in [2.24, 2.45) is 0 Å². The van der Waals surface area contributed by atoms with E-state index < -0.39 is 0 Å². The van der Waals surface area contributed by atoms with Gasteiger partial charge in [-0.3, -0.25) is 0 Å². The Hall–Kier alpha value is -3.64. The number of nitrogens with one attached hydrogen (secondary N) is 2. The lowest BCUT2D eigenvalue weighted by atomic mass is 10.1. The highest BCUT2D eigenvalue weighted by Gasteiger charge is 2.09. The third-order valence-corrected chi connectivity index (χ3v) is 4.85. The summed E-state index contributed by atoms with van der Waals surface area (Å²) >= 11 is 0. The van der Waals surface area contributed by atoms with Crippen molar-refractivity contribution in [3.8, 4) is 28.5 Å². The number of H-pyrrole nitrogens is 2. The molecule has 2 aromatic heterocycles. The van der Waals surface area contributed by atoms with E-state index in [9.17, 15) is 5.11 Å². The number of methoxy groups -OCH3 is 1. The van der Waals surface area contributed by atoms with Crippen LogP contribution in [-0.2, 0) is 6.61 Å². The van der Waals surface area contributed by atoms with Gasteiger partial charge in [0.15, 0.2) is 0 Å². The molecule has 0 saturated carbocycles. The van der Waals surface area contributed by atoms with Gasteiger partial charge in [0.2, 0.25) is 0 Å². The number of benzene rings is 3. The van der Waals surface area contributed by atoms with Crippen molar-refractivity contribution in [1.29, 1.82) is 0 Å². The molecule has 0 saturated heterocycles. The molecule has 0 radical (unpaired) electrons. The van der Waals surface area contributed by atoms with Crippen molar-refractivity contribution in [3.63, 3.8) is 0 Å². The molecule has 5 rings (SSSR count). The second-order valence-electron chi connectivity index (χ2n) is 6.64. The number of hydrogen-bond acceptors (Lipinski definition) is 4. The monoisotopic (exact) mass is 370 g/mol. The van der Waals surface area contributed by atoms with Crippen LogP contribution < -0.4 is 4.74 Å². The fourth-order valence-electron chi connectivity index (χ4n) is 3.33.